The van der Waals surface area contributed by atoms with Gasteiger partial charge in [-0.2, -0.15) is 0 Å². The Kier molecular flexibility index (Phi) is 2.27. The van der Waals surface area contributed by atoms with Crippen molar-refractivity contribution in [2.75, 3.05) is 0 Å². The molecular weight excluding hydrogens is 272 g/mol. The minimum Gasteiger partial charge on any atom is -0.393 e. The van der Waals surface area contributed by atoms with Crippen molar-refractivity contribution in [2.45, 2.75) is 82.3 Å². The zero-order chi connectivity index (χ0) is 14.7. The first-order valence-electron chi connectivity index (χ1n) is 9.89. The van der Waals surface area contributed by atoms with Gasteiger partial charge in [0.1, 0.15) is 0 Å². The van der Waals surface area contributed by atoms with Crippen LogP contribution in [0.4, 0.5) is 0 Å². The summed E-state index contributed by atoms with van der Waals surface area (Å²) in [4.78, 5) is 0. The van der Waals surface area contributed by atoms with Crippen molar-refractivity contribution in [3.63, 3.8) is 0 Å². The minimum atomic E-state index is -0.313. The lowest BCUT2D eigenvalue weighted by Gasteiger charge is -2.72. The Morgan fingerprint density at radius 2 is 1.23 bits per heavy atom. The van der Waals surface area contributed by atoms with Gasteiger partial charge in [-0.05, 0) is 111 Å². The highest BCUT2D eigenvalue weighted by Gasteiger charge is 2.68. The Morgan fingerprint density at radius 1 is 0.636 bits per heavy atom. The van der Waals surface area contributed by atoms with Crippen LogP contribution in [-0.4, -0.2) is 21.9 Å². The van der Waals surface area contributed by atoms with Gasteiger partial charge in [0.25, 0.3) is 0 Å². The van der Waals surface area contributed by atoms with E-state index < -0.39 is 0 Å². The average Bonchev–Trinajstić information content (AvgIpc) is 2.41. The fourth-order valence-electron chi connectivity index (χ4n) is 9.48. The fourth-order valence-corrected chi connectivity index (χ4v) is 9.48. The third-order valence-electron chi connectivity index (χ3n) is 9.38. The summed E-state index contributed by atoms with van der Waals surface area (Å²) in [6, 6.07) is 0. The van der Waals surface area contributed by atoms with Crippen LogP contribution in [0.5, 0.6) is 0 Å². The van der Waals surface area contributed by atoms with Gasteiger partial charge in [0, 0.05) is 0 Å². The number of aliphatic hydroxyl groups excluding tert-OH is 1. The second-order valence-corrected chi connectivity index (χ2v) is 10.7. The summed E-state index contributed by atoms with van der Waals surface area (Å²) in [6.45, 7) is 0. The van der Waals surface area contributed by atoms with E-state index in [1.54, 1.807) is 0 Å². The maximum absolute atomic E-state index is 11.2. The first-order chi connectivity index (χ1) is 10.5. The molecule has 0 aromatic heterocycles. The summed E-state index contributed by atoms with van der Waals surface area (Å²) in [6.07, 6.45) is 14.1. The minimum absolute atomic E-state index is 0.00155. The fraction of sp³-hybridized carbons (Fsp3) is 1.00. The van der Waals surface area contributed by atoms with Gasteiger partial charge in [0.15, 0.2) is 0 Å². The molecule has 8 bridgehead atoms. The Morgan fingerprint density at radius 3 is 1.82 bits per heavy atom. The van der Waals surface area contributed by atoms with Gasteiger partial charge in [0.2, 0.25) is 0 Å². The van der Waals surface area contributed by atoms with Crippen molar-refractivity contribution in [1.82, 2.24) is 0 Å². The van der Waals surface area contributed by atoms with E-state index in [4.69, 9.17) is 0 Å². The summed E-state index contributed by atoms with van der Waals surface area (Å²) in [7, 11) is 0. The maximum Gasteiger partial charge on any atom is 0.0658 e. The summed E-state index contributed by atoms with van der Waals surface area (Å²) in [5.41, 5.74) is 0.627. The van der Waals surface area contributed by atoms with Gasteiger partial charge in [-0.3, -0.25) is 0 Å². The van der Waals surface area contributed by atoms with E-state index in [1.165, 1.54) is 51.4 Å². The molecule has 8 rings (SSSR count). The molecule has 0 radical (unpaired) electrons. The Bertz CT molecular complexity index is 496. The molecule has 0 saturated heterocycles. The van der Waals surface area contributed by atoms with Crippen molar-refractivity contribution >= 4 is 0 Å². The third kappa shape index (κ3) is 1.46. The summed E-state index contributed by atoms with van der Waals surface area (Å²) in [5.74, 6) is 3.69. The average molecular weight is 302 g/mol. The monoisotopic (exact) mass is 302 g/mol. The summed E-state index contributed by atoms with van der Waals surface area (Å²) < 4.78 is 0. The maximum atomic E-state index is 11.2. The number of rotatable bonds is 1. The van der Waals surface area contributed by atoms with Crippen LogP contribution in [0.2, 0.25) is 0 Å². The van der Waals surface area contributed by atoms with Gasteiger partial charge in [0.05, 0.1) is 11.7 Å². The largest absolute Gasteiger partial charge is 0.393 e. The molecule has 8 fully saturated rings. The lowest BCUT2D eigenvalue weighted by Crippen LogP contribution is -2.66. The summed E-state index contributed by atoms with van der Waals surface area (Å²) >= 11 is 0. The molecule has 2 nitrogen and oxygen atoms in total. The number of hydrogen-bond acceptors (Lipinski definition) is 2. The summed E-state index contributed by atoms with van der Waals surface area (Å²) in [5, 5.41) is 21.8. The Hall–Kier alpha value is -0.0800. The lowest BCUT2D eigenvalue weighted by atomic mass is 9.34. The predicted octanol–water partition coefficient (Wildman–Crippen LogP) is 3.50. The van der Waals surface area contributed by atoms with Crippen molar-refractivity contribution in [3.8, 4) is 0 Å². The van der Waals surface area contributed by atoms with Crippen LogP contribution in [0.1, 0.15) is 70.6 Å². The third-order valence-corrected chi connectivity index (χ3v) is 9.38. The van der Waals surface area contributed by atoms with Crippen molar-refractivity contribution in [1.29, 1.82) is 0 Å². The van der Waals surface area contributed by atoms with Gasteiger partial charge in [-0.15, -0.1) is 0 Å². The van der Waals surface area contributed by atoms with E-state index in [-0.39, 0.29) is 11.7 Å². The molecule has 0 aromatic rings. The molecule has 0 spiro atoms. The zero-order valence-corrected chi connectivity index (χ0v) is 13.6. The van der Waals surface area contributed by atoms with Gasteiger partial charge >= 0.3 is 0 Å². The van der Waals surface area contributed by atoms with Crippen LogP contribution < -0.4 is 0 Å². The molecule has 4 atom stereocenters. The van der Waals surface area contributed by atoms with E-state index in [0.717, 1.165) is 37.0 Å². The normalized spacial score (nSPS) is 67.9. The first-order valence-corrected chi connectivity index (χ1v) is 9.89. The van der Waals surface area contributed by atoms with Crippen LogP contribution in [0.15, 0.2) is 0 Å². The molecule has 122 valence electrons. The van der Waals surface area contributed by atoms with Crippen LogP contribution in [0, 0.1) is 40.4 Å². The quantitative estimate of drug-likeness (QED) is 0.778. The molecular formula is C20H30O2. The Balaban J connectivity index is 1.44. The van der Waals surface area contributed by atoms with E-state index in [0.29, 0.717) is 22.7 Å². The van der Waals surface area contributed by atoms with Crippen molar-refractivity contribution < 1.29 is 10.2 Å². The second kappa shape index (κ2) is 3.77. The zero-order valence-electron chi connectivity index (χ0n) is 13.6. The van der Waals surface area contributed by atoms with Crippen LogP contribution >= 0.6 is 0 Å². The van der Waals surface area contributed by atoms with Crippen LogP contribution in [-0.2, 0) is 0 Å². The van der Waals surface area contributed by atoms with E-state index in [1.807, 2.05) is 0 Å². The molecule has 22 heavy (non-hydrogen) atoms. The van der Waals surface area contributed by atoms with Crippen molar-refractivity contribution in [2.24, 2.45) is 40.4 Å². The van der Waals surface area contributed by atoms with E-state index in [2.05, 4.69) is 0 Å². The SMILES string of the molecule is OC1C2CC3CC1CC(C14CC5CC(CC(O)(C5)C1)C4)(C3)C2. The van der Waals surface area contributed by atoms with Gasteiger partial charge < -0.3 is 10.2 Å². The topological polar surface area (TPSA) is 40.5 Å². The highest BCUT2D eigenvalue weighted by Crippen LogP contribution is 2.75. The molecule has 8 aliphatic rings. The van der Waals surface area contributed by atoms with Gasteiger partial charge in [-0.1, -0.05) is 0 Å². The van der Waals surface area contributed by atoms with E-state index >= 15 is 0 Å². The molecule has 0 aromatic carbocycles. The van der Waals surface area contributed by atoms with Crippen LogP contribution in [0.25, 0.3) is 0 Å². The molecule has 0 aliphatic heterocycles. The van der Waals surface area contributed by atoms with Crippen molar-refractivity contribution in [3.05, 3.63) is 0 Å². The second-order valence-electron chi connectivity index (χ2n) is 10.7. The van der Waals surface area contributed by atoms with Crippen LogP contribution in [0.3, 0.4) is 0 Å². The van der Waals surface area contributed by atoms with E-state index in [9.17, 15) is 10.2 Å². The highest BCUT2D eigenvalue weighted by molar-refractivity contribution is 5.18. The molecule has 2 N–H and O–H groups in total. The number of aliphatic hydroxyl groups is 2. The molecule has 8 aliphatic carbocycles. The van der Waals surface area contributed by atoms with Gasteiger partial charge in [-0.25, -0.2) is 0 Å². The molecule has 0 heterocycles. The molecule has 8 saturated carbocycles. The lowest BCUT2D eigenvalue weighted by molar-refractivity contribution is -0.255. The molecule has 0 amide bonds. The predicted molar refractivity (Wildman–Crippen MR) is 84.1 cm³/mol. The smallest absolute Gasteiger partial charge is 0.0658 e. The molecule has 2 heteroatoms. The Labute approximate surface area is 133 Å². The first kappa shape index (κ1) is 13.2. The molecule has 4 unspecified atom stereocenters. The number of hydrogen-bond donors (Lipinski definition) is 2. The standard InChI is InChI=1S/C20H30O2/c21-17-15-2-12-3-16(17)10-18(4-12,9-15)19-5-13-1-14(6-19)8-20(22,7-13)11-19/h12-17,21-22H,1-11H2. The highest BCUT2D eigenvalue weighted by atomic mass is 16.3.